The Kier molecular flexibility index (Phi) is 7.86. The highest BCUT2D eigenvalue weighted by molar-refractivity contribution is 7.14. The lowest BCUT2D eigenvalue weighted by atomic mass is 9.99. The molecule has 3 heterocycles. The van der Waals surface area contributed by atoms with Gasteiger partial charge in [0.15, 0.2) is 12.2 Å². The Hall–Kier alpha value is -4.20. The zero-order chi connectivity index (χ0) is 26.5. The maximum Gasteiger partial charge on any atom is 0.261 e. The van der Waals surface area contributed by atoms with E-state index in [2.05, 4.69) is 16.4 Å². The lowest BCUT2D eigenvalue weighted by Crippen LogP contribution is -2.32. The molecule has 0 bridgehead atoms. The lowest BCUT2D eigenvalue weighted by molar-refractivity contribution is -0.121. The molecule has 0 aliphatic heterocycles. The summed E-state index contributed by atoms with van der Waals surface area (Å²) in [5, 5.41) is 12.5. The molecule has 1 atom stereocenters. The summed E-state index contributed by atoms with van der Waals surface area (Å²) < 4.78 is 12.2. The van der Waals surface area contributed by atoms with Gasteiger partial charge in [0.25, 0.3) is 11.5 Å². The molecule has 0 saturated carbocycles. The summed E-state index contributed by atoms with van der Waals surface area (Å²) in [5.74, 6) is 0.203. The molecule has 11 heteroatoms. The van der Waals surface area contributed by atoms with E-state index < -0.39 is 11.6 Å². The molecule has 0 spiro atoms. The minimum atomic E-state index is -0.941. The van der Waals surface area contributed by atoms with Crippen molar-refractivity contribution in [3.05, 3.63) is 91.6 Å². The van der Waals surface area contributed by atoms with Crippen molar-refractivity contribution in [3.8, 4) is 22.9 Å². The normalized spacial score (nSPS) is 11.5. The first kappa shape index (κ1) is 25.9. The van der Waals surface area contributed by atoms with Gasteiger partial charge < -0.3 is 19.0 Å². The van der Waals surface area contributed by atoms with Crippen molar-refractivity contribution in [2.75, 3.05) is 14.2 Å². The SMILES string of the molecule is CNC(=O)c1ccc(CC(=O)C(Cc2cnco2)n2cc(OC)c(-c3cc(Cl)ccc3C#N)cc2=O)s1. The molecule has 188 valence electrons. The molecule has 1 aromatic carbocycles. The van der Waals surface area contributed by atoms with Gasteiger partial charge in [0, 0.05) is 47.0 Å². The lowest BCUT2D eigenvalue weighted by Gasteiger charge is -2.20. The number of hydrogen-bond donors (Lipinski definition) is 1. The third-order valence-corrected chi connectivity index (χ3v) is 7.02. The van der Waals surface area contributed by atoms with Crippen molar-refractivity contribution in [3.63, 3.8) is 0 Å². The molecule has 1 N–H and O–H groups in total. The molecule has 0 aliphatic carbocycles. The molecule has 9 nitrogen and oxygen atoms in total. The van der Waals surface area contributed by atoms with Gasteiger partial charge in [-0.2, -0.15) is 5.26 Å². The molecule has 1 unspecified atom stereocenters. The number of halogens is 1. The van der Waals surface area contributed by atoms with E-state index in [1.54, 1.807) is 30.3 Å². The van der Waals surface area contributed by atoms with Crippen LogP contribution in [0, 0.1) is 11.3 Å². The topological polar surface area (TPSA) is 127 Å². The minimum Gasteiger partial charge on any atom is -0.495 e. The molecule has 4 rings (SSSR count). The van der Waals surface area contributed by atoms with E-state index in [0.717, 1.165) is 0 Å². The van der Waals surface area contributed by atoms with E-state index in [0.29, 0.717) is 37.2 Å². The van der Waals surface area contributed by atoms with Crippen LogP contribution in [-0.2, 0) is 17.6 Å². The van der Waals surface area contributed by atoms with Gasteiger partial charge >= 0.3 is 0 Å². The monoisotopic (exact) mass is 536 g/mol. The maximum atomic E-state index is 13.5. The summed E-state index contributed by atoms with van der Waals surface area (Å²) in [7, 11) is 2.97. The first-order valence-corrected chi connectivity index (χ1v) is 12.2. The Labute approximate surface area is 220 Å². The molecule has 4 aromatic rings. The Bertz CT molecular complexity index is 1550. The number of hydrogen-bond acceptors (Lipinski definition) is 8. The fourth-order valence-corrected chi connectivity index (χ4v) is 5.03. The van der Waals surface area contributed by atoms with Crippen molar-refractivity contribution in [2.24, 2.45) is 0 Å². The van der Waals surface area contributed by atoms with Crippen LogP contribution >= 0.6 is 22.9 Å². The number of carbonyl (C=O) groups excluding carboxylic acids is 2. The second-order valence-corrected chi connectivity index (χ2v) is 9.58. The number of nitrogens with zero attached hydrogens (tertiary/aromatic N) is 3. The first-order chi connectivity index (χ1) is 17.8. The quantitative estimate of drug-likeness (QED) is 0.342. The number of rotatable bonds is 9. The number of thiophene rings is 1. The number of ketones is 1. The van der Waals surface area contributed by atoms with Crippen LogP contribution in [0.15, 0.2) is 64.4 Å². The molecule has 0 aliphatic rings. The number of pyridine rings is 1. The van der Waals surface area contributed by atoms with E-state index in [1.165, 1.54) is 54.9 Å². The molecule has 3 aromatic heterocycles. The van der Waals surface area contributed by atoms with Crippen molar-refractivity contribution < 1.29 is 18.7 Å². The Morgan fingerprint density at radius 2 is 2.08 bits per heavy atom. The van der Waals surface area contributed by atoms with Crippen LogP contribution in [0.25, 0.3) is 11.1 Å². The molecule has 0 saturated heterocycles. The predicted molar refractivity (Wildman–Crippen MR) is 138 cm³/mol. The van der Waals surface area contributed by atoms with Crippen molar-refractivity contribution in [1.82, 2.24) is 14.9 Å². The Morgan fingerprint density at radius 1 is 1.27 bits per heavy atom. The van der Waals surface area contributed by atoms with Gasteiger partial charge in [0.1, 0.15) is 17.6 Å². The second-order valence-electron chi connectivity index (χ2n) is 7.98. The van der Waals surface area contributed by atoms with Gasteiger partial charge in [-0.3, -0.25) is 14.4 Å². The van der Waals surface area contributed by atoms with E-state index in [9.17, 15) is 19.6 Å². The number of Topliss-reactive ketones (excluding diaryl/α,β-unsaturated/α-hetero) is 1. The predicted octanol–water partition coefficient (Wildman–Crippen LogP) is 4.05. The zero-order valence-corrected chi connectivity index (χ0v) is 21.4. The highest BCUT2D eigenvalue weighted by atomic mass is 35.5. The summed E-state index contributed by atoms with van der Waals surface area (Å²) in [6.45, 7) is 0. The van der Waals surface area contributed by atoms with Crippen LogP contribution in [-0.4, -0.2) is 35.4 Å². The summed E-state index contributed by atoms with van der Waals surface area (Å²) in [5.41, 5.74) is 0.658. The summed E-state index contributed by atoms with van der Waals surface area (Å²) >= 11 is 7.36. The van der Waals surface area contributed by atoms with Crippen LogP contribution in [0.2, 0.25) is 5.02 Å². The van der Waals surface area contributed by atoms with Crippen LogP contribution in [0.3, 0.4) is 0 Å². The molecule has 37 heavy (non-hydrogen) atoms. The molecular weight excluding hydrogens is 516 g/mol. The number of nitrogens with one attached hydrogen (secondary N) is 1. The number of amides is 1. The fourth-order valence-electron chi connectivity index (χ4n) is 3.89. The van der Waals surface area contributed by atoms with E-state index in [-0.39, 0.29) is 30.3 Å². The van der Waals surface area contributed by atoms with Crippen molar-refractivity contribution in [2.45, 2.75) is 18.9 Å². The number of aromatic nitrogens is 2. The number of oxazole rings is 1. The van der Waals surface area contributed by atoms with Gasteiger partial charge in [0.2, 0.25) is 0 Å². The van der Waals surface area contributed by atoms with Gasteiger partial charge in [-0.05, 0) is 30.3 Å². The van der Waals surface area contributed by atoms with E-state index >= 15 is 0 Å². The second kappa shape index (κ2) is 11.2. The van der Waals surface area contributed by atoms with Crippen LogP contribution in [0.5, 0.6) is 5.75 Å². The van der Waals surface area contributed by atoms with Gasteiger partial charge in [-0.25, -0.2) is 4.98 Å². The number of carbonyl (C=O) groups is 2. The van der Waals surface area contributed by atoms with Gasteiger partial charge in [-0.1, -0.05) is 11.6 Å². The van der Waals surface area contributed by atoms with Gasteiger partial charge in [-0.15, -0.1) is 11.3 Å². The summed E-state index contributed by atoms with van der Waals surface area (Å²) in [6.07, 6.45) is 4.26. The van der Waals surface area contributed by atoms with Crippen LogP contribution in [0.1, 0.15) is 31.9 Å². The summed E-state index contributed by atoms with van der Waals surface area (Å²) in [6, 6.07) is 10.6. The Balaban J connectivity index is 1.76. The fraction of sp³-hybridized carbons (Fsp3) is 0.192. The third-order valence-electron chi connectivity index (χ3n) is 5.70. The minimum absolute atomic E-state index is 0.00381. The molecule has 0 radical (unpaired) electrons. The first-order valence-electron chi connectivity index (χ1n) is 11.1. The average Bonchev–Trinajstić information content (AvgIpc) is 3.59. The van der Waals surface area contributed by atoms with Crippen LogP contribution in [0.4, 0.5) is 0 Å². The Morgan fingerprint density at radius 3 is 2.76 bits per heavy atom. The van der Waals surface area contributed by atoms with Crippen molar-refractivity contribution in [1.29, 1.82) is 5.26 Å². The van der Waals surface area contributed by atoms with Crippen molar-refractivity contribution >= 4 is 34.6 Å². The molecule has 1 amide bonds. The highest BCUT2D eigenvalue weighted by Gasteiger charge is 2.26. The van der Waals surface area contributed by atoms with Gasteiger partial charge in [0.05, 0.1) is 36.0 Å². The number of methoxy groups -OCH3 is 1. The maximum absolute atomic E-state index is 13.5. The number of nitriles is 1. The zero-order valence-electron chi connectivity index (χ0n) is 19.9. The standard InChI is InChI=1S/C26H21ClN4O5S/c1-29-26(34)24-6-5-18(37-24)9-22(32)21(8-17-12-30-14-36-17)31-13-23(35-2)20(10-25(31)33)19-7-16(27)4-3-15(19)11-28/h3-7,10,12-14,21H,8-9H2,1-2H3,(H,29,34). The largest absolute Gasteiger partial charge is 0.495 e. The summed E-state index contributed by atoms with van der Waals surface area (Å²) in [4.78, 5) is 43.9. The molecular formula is C26H21ClN4O5S. The number of benzene rings is 1. The smallest absolute Gasteiger partial charge is 0.261 e. The highest BCUT2D eigenvalue weighted by Crippen LogP contribution is 2.34. The molecule has 0 fully saturated rings. The van der Waals surface area contributed by atoms with E-state index in [4.69, 9.17) is 20.8 Å². The van der Waals surface area contributed by atoms with E-state index in [1.807, 2.05) is 0 Å². The average molecular weight is 537 g/mol. The number of ether oxygens (including phenoxy) is 1. The van der Waals surface area contributed by atoms with Crippen LogP contribution < -0.4 is 15.6 Å². The third kappa shape index (κ3) is 5.63.